The number of nitrogens with zero attached hydrogens (tertiary/aromatic N) is 1. The van der Waals surface area contributed by atoms with Crippen LogP contribution in [0, 0.1) is 5.82 Å². The number of halogens is 1. The number of rotatable bonds is 3. The predicted octanol–water partition coefficient (Wildman–Crippen LogP) is 1.66. The van der Waals surface area contributed by atoms with Crippen LogP contribution in [0.5, 0.6) is 0 Å². The minimum Gasteiger partial charge on any atom is -0.314 e. The largest absolute Gasteiger partial charge is 0.314 e. The minimum atomic E-state index is -0.153. The lowest BCUT2D eigenvalue weighted by Crippen LogP contribution is -2.49. The van der Waals surface area contributed by atoms with Crippen molar-refractivity contribution in [3.63, 3.8) is 0 Å². The van der Waals surface area contributed by atoms with Crippen molar-refractivity contribution in [3.8, 4) is 0 Å². The van der Waals surface area contributed by atoms with E-state index in [1.54, 1.807) is 0 Å². The molecule has 0 aliphatic carbocycles. The van der Waals surface area contributed by atoms with Crippen LogP contribution in [0.4, 0.5) is 4.39 Å². The number of hydrogen-bond donors (Lipinski definition) is 1. The minimum absolute atomic E-state index is 0.153. The van der Waals surface area contributed by atoms with Crippen LogP contribution in [0.2, 0.25) is 0 Å². The monoisotopic (exact) mass is 222 g/mol. The molecule has 2 nitrogen and oxygen atoms in total. The van der Waals surface area contributed by atoms with Gasteiger partial charge in [0.1, 0.15) is 5.82 Å². The van der Waals surface area contributed by atoms with Crippen molar-refractivity contribution >= 4 is 0 Å². The van der Waals surface area contributed by atoms with E-state index in [2.05, 4.69) is 17.3 Å². The van der Waals surface area contributed by atoms with E-state index < -0.39 is 0 Å². The van der Waals surface area contributed by atoms with Gasteiger partial charge in [-0.2, -0.15) is 0 Å². The highest BCUT2D eigenvalue weighted by atomic mass is 19.1. The first-order valence-corrected chi connectivity index (χ1v) is 5.91. The lowest BCUT2D eigenvalue weighted by atomic mass is 10.0. The summed E-state index contributed by atoms with van der Waals surface area (Å²) in [5, 5.41) is 3.41. The average molecular weight is 222 g/mol. The van der Waals surface area contributed by atoms with Crippen LogP contribution in [0.25, 0.3) is 0 Å². The van der Waals surface area contributed by atoms with Crippen LogP contribution in [-0.4, -0.2) is 37.6 Å². The molecule has 1 unspecified atom stereocenters. The number of hydrogen-bond acceptors (Lipinski definition) is 2. The van der Waals surface area contributed by atoms with E-state index in [4.69, 9.17) is 0 Å². The number of likely N-dealkylation sites (N-methyl/N-ethyl adjacent to an activating group) is 1. The number of piperazine rings is 1. The van der Waals surface area contributed by atoms with Gasteiger partial charge in [0.25, 0.3) is 0 Å². The summed E-state index contributed by atoms with van der Waals surface area (Å²) in [5.74, 6) is -0.153. The predicted molar refractivity (Wildman–Crippen MR) is 64.0 cm³/mol. The van der Waals surface area contributed by atoms with Crippen molar-refractivity contribution < 1.29 is 4.39 Å². The molecule has 88 valence electrons. The molecular formula is C13H19FN2. The quantitative estimate of drug-likeness (QED) is 0.836. The normalized spacial score (nSPS) is 22.2. The Labute approximate surface area is 96.5 Å². The van der Waals surface area contributed by atoms with E-state index in [1.807, 2.05) is 12.1 Å². The summed E-state index contributed by atoms with van der Waals surface area (Å²) in [5.41, 5.74) is 1.22. The van der Waals surface area contributed by atoms with Gasteiger partial charge in [0, 0.05) is 25.7 Å². The number of aryl methyl sites for hydroxylation is 1. The van der Waals surface area contributed by atoms with Crippen molar-refractivity contribution in [2.75, 3.05) is 26.7 Å². The fourth-order valence-corrected chi connectivity index (χ4v) is 2.17. The molecular weight excluding hydrogens is 203 g/mol. The zero-order valence-electron chi connectivity index (χ0n) is 9.75. The van der Waals surface area contributed by atoms with Gasteiger partial charge >= 0.3 is 0 Å². The topological polar surface area (TPSA) is 15.3 Å². The maximum Gasteiger partial charge on any atom is 0.123 e. The van der Waals surface area contributed by atoms with Gasteiger partial charge in [-0.25, -0.2) is 4.39 Å². The number of benzene rings is 1. The molecule has 0 amide bonds. The van der Waals surface area contributed by atoms with Gasteiger partial charge in [0.05, 0.1) is 0 Å². The Balaban J connectivity index is 1.84. The second-order valence-corrected chi connectivity index (χ2v) is 4.50. The first-order chi connectivity index (χ1) is 7.75. The second-order valence-electron chi connectivity index (χ2n) is 4.50. The lowest BCUT2D eigenvalue weighted by molar-refractivity contribution is 0.191. The van der Waals surface area contributed by atoms with Gasteiger partial charge in [-0.3, -0.25) is 0 Å². The molecule has 0 aromatic heterocycles. The zero-order valence-corrected chi connectivity index (χ0v) is 9.75. The first kappa shape index (κ1) is 11.6. The van der Waals surface area contributed by atoms with Gasteiger partial charge < -0.3 is 10.2 Å². The third-order valence-corrected chi connectivity index (χ3v) is 3.32. The molecule has 0 spiro atoms. The van der Waals surface area contributed by atoms with Gasteiger partial charge in [-0.15, -0.1) is 0 Å². The molecule has 1 fully saturated rings. The first-order valence-electron chi connectivity index (χ1n) is 5.91. The molecule has 1 aromatic rings. The van der Waals surface area contributed by atoms with Crippen LogP contribution in [0.1, 0.15) is 12.0 Å². The van der Waals surface area contributed by atoms with E-state index in [0.717, 1.165) is 32.5 Å². The second kappa shape index (κ2) is 5.41. The van der Waals surface area contributed by atoms with Crippen LogP contribution >= 0.6 is 0 Å². The van der Waals surface area contributed by atoms with Crippen LogP contribution in [0.3, 0.4) is 0 Å². The summed E-state index contributed by atoms with van der Waals surface area (Å²) < 4.78 is 12.7. The molecule has 3 heteroatoms. The molecule has 1 heterocycles. The standard InChI is InChI=1S/C13H19FN2/c1-16-9-8-15-10-13(16)7-4-11-2-5-12(14)6-3-11/h2-3,5-6,13,15H,4,7-10H2,1H3. The zero-order chi connectivity index (χ0) is 11.4. The Bertz CT molecular complexity index is 323. The molecule has 1 atom stereocenters. The van der Waals surface area contributed by atoms with E-state index in [0.29, 0.717) is 6.04 Å². The Kier molecular flexibility index (Phi) is 3.91. The molecule has 1 aromatic carbocycles. The van der Waals surface area contributed by atoms with Crippen molar-refractivity contribution in [1.29, 1.82) is 0 Å². The summed E-state index contributed by atoms with van der Waals surface area (Å²) >= 11 is 0. The molecule has 16 heavy (non-hydrogen) atoms. The third kappa shape index (κ3) is 3.03. The Hall–Kier alpha value is -0.930. The summed E-state index contributed by atoms with van der Waals surface area (Å²) in [6, 6.07) is 7.45. The third-order valence-electron chi connectivity index (χ3n) is 3.32. The Morgan fingerprint density at radius 3 is 2.81 bits per heavy atom. The van der Waals surface area contributed by atoms with Crippen molar-refractivity contribution in [2.24, 2.45) is 0 Å². The van der Waals surface area contributed by atoms with Crippen molar-refractivity contribution in [1.82, 2.24) is 10.2 Å². The van der Waals surface area contributed by atoms with E-state index in [1.165, 1.54) is 17.7 Å². The van der Waals surface area contributed by atoms with E-state index in [9.17, 15) is 4.39 Å². The van der Waals surface area contributed by atoms with Crippen LogP contribution in [-0.2, 0) is 6.42 Å². The summed E-state index contributed by atoms with van der Waals surface area (Å²) in [6.07, 6.45) is 2.16. The molecule has 1 N–H and O–H groups in total. The maximum atomic E-state index is 12.7. The van der Waals surface area contributed by atoms with Gasteiger partial charge in [-0.05, 0) is 37.6 Å². The molecule has 1 aliphatic rings. The van der Waals surface area contributed by atoms with Crippen molar-refractivity contribution in [3.05, 3.63) is 35.6 Å². The Morgan fingerprint density at radius 1 is 1.38 bits per heavy atom. The molecule has 0 radical (unpaired) electrons. The van der Waals surface area contributed by atoms with E-state index >= 15 is 0 Å². The number of nitrogens with one attached hydrogen (secondary N) is 1. The summed E-state index contributed by atoms with van der Waals surface area (Å²) in [4.78, 5) is 2.40. The molecule has 2 rings (SSSR count). The van der Waals surface area contributed by atoms with Crippen LogP contribution in [0.15, 0.2) is 24.3 Å². The summed E-state index contributed by atoms with van der Waals surface area (Å²) in [7, 11) is 2.18. The lowest BCUT2D eigenvalue weighted by Gasteiger charge is -2.33. The van der Waals surface area contributed by atoms with Gasteiger partial charge in [-0.1, -0.05) is 12.1 Å². The fraction of sp³-hybridized carbons (Fsp3) is 0.538. The Morgan fingerprint density at radius 2 is 2.12 bits per heavy atom. The fourth-order valence-electron chi connectivity index (χ4n) is 2.17. The highest BCUT2D eigenvalue weighted by Crippen LogP contribution is 2.11. The molecule has 0 saturated carbocycles. The van der Waals surface area contributed by atoms with Crippen LogP contribution < -0.4 is 5.32 Å². The average Bonchev–Trinajstić information content (AvgIpc) is 2.30. The van der Waals surface area contributed by atoms with E-state index in [-0.39, 0.29) is 5.82 Å². The molecule has 1 aliphatic heterocycles. The highest BCUT2D eigenvalue weighted by molar-refractivity contribution is 5.16. The van der Waals surface area contributed by atoms with Crippen molar-refractivity contribution in [2.45, 2.75) is 18.9 Å². The summed E-state index contributed by atoms with van der Waals surface area (Å²) in [6.45, 7) is 3.27. The highest BCUT2D eigenvalue weighted by Gasteiger charge is 2.17. The van der Waals surface area contributed by atoms with Gasteiger partial charge in [0.15, 0.2) is 0 Å². The molecule has 0 bridgehead atoms. The molecule has 1 saturated heterocycles. The smallest absolute Gasteiger partial charge is 0.123 e. The van der Waals surface area contributed by atoms with Gasteiger partial charge in [0.2, 0.25) is 0 Å². The maximum absolute atomic E-state index is 12.7. The SMILES string of the molecule is CN1CCNCC1CCc1ccc(F)cc1.